The first-order valence-corrected chi connectivity index (χ1v) is 10.8. The van der Waals surface area contributed by atoms with Crippen molar-refractivity contribution in [3.63, 3.8) is 0 Å². The van der Waals surface area contributed by atoms with E-state index in [2.05, 4.69) is 63.0 Å². The molecule has 4 rings (SSSR count). The Labute approximate surface area is 179 Å². The highest BCUT2D eigenvalue weighted by Crippen LogP contribution is 2.28. The van der Waals surface area contributed by atoms with Gasteiger partial charge in [-0.2, -0.15) is 0 Å². The molecule has 1 amide bonds. The monoisotopic (exact) mass is 402 g/mol. The highest BCUT2D eigenvalue weighted by Gasteiger charge is 2.25. The second-order valence-electron chi connectivity index (χ2n) is 7.97. The van der Waals surface area contributed by atoms with Crippen molar-refractivity contribution >= 4 is 5.91 Å². The second-order valence-corrected chi connectivity index (χ2v) is 7.97. The zero-order valence-corrected chi connectivity index (χ0v) is 17.7. The van der Waals surface area contributed by atoms with E-state index < -0.39 is 0 Å². The summed E-state index contributed by atoms with van der Waals surface area (Å²) in [5.41, 5.74) is 2.40. The summed E-state index contributed by atoms with van der Waals surface area (Å²) in [5.74, 6) is 1.40. The van der Waals surface area contributed by atoms with Crippen LogP contribution in [0.5, 0.6) is 0 Å². The van der Waals surface area contributed by atoms with Gasteiger partial charge in [0, 0.05) is 64.0 Å². The molecule has 0 saturated carbocycles. The maximum absolute atomic E-state index is 13.1. The molecule has 5 heteroatoms. The van der Waals surface area contributed by atoms with Gasteiger partial charge in [-0.1, -0.05) is 60.7 Å². The molecule has 1 fully saturated rings. The molecule has 2 heterocycles. The maximum Gasteiger partial charge on any atom is 0.223 e. The standard InChI is InChI=1S/C25H30N4O/c1-21-26-12-13-28(21)17-14-27-15-18-29(19-16-27)25(30)20-24(22-8-4-2-5-9-22)23-10-6-3-7-11-23/h2-13,24H,14-20H2,1H3. The van der Waals surface area contributed by atoms with Gasteiger partial charge in [-0.15, -0.1) is 0 Å². The SMILES string of the molecule is Cc1nccn1CCN1CCN(C(=O)CC(c2ccccc2)c2ccccc2)CC1. The summed E-state index contributed by atoms with van der Waals surface area (Å²) >= 11 is 0. The average molecular weight is 403 g/mol. The van der Waals surface area contributed by atoms with Gasteiger partial charge >= 0.3 is 0 Å². The summed E-state index contributed by atoms with van der Waals surface area (Å²) in [7, 11) is 0. The number of aryl methyl sites for hydroxylation is 1. The minimum atomic E-state index is 0.0992. The molecule has 0 bridgehead atoms. The van der Waals surface area contributed by atoms with Crippen LogP contribution in [0, 0.1) is 6.92 Å². The normalized spacial score (nSPS) is 14.9. The smallest absolute Gasteiger partial charge is 0.223 e. The molecular weight excluding hydrogens is 372 g/mol. The zero-order valence-electron chi connectivity index (χ0n) is 17.7. The van der Waals surface area contributed by atoms with Gasteiger partial charge in [0.2, 0.25) is 5.91 Å². The van der Waals surface area contributed by atoms with Gasteiger partial charge in [-0.25, -0.2) is 4.98 Å². The van der Waals surface area contributed by atoms with Gasteiger partial charge in [-0.3, -0.25) is 9.69 Å². The van der Waals surface area contributed by atoms with Crippen LogP contribution in [0.2, 0.25) is 0 Å². The van der Waals surface area contributed by atoms with Crippen molar-refractivity contribution < 1.29 is 4.79 Å². The molecule has 0 atom stereocenters. The highest BCUT2D eigenvalue weighted by molar-refractivity contribution is 5.78. The number of hydrogen-bond acceptors (Lipinski definition) is 3. The summed E-state index contributed by atoms with van der Waals surface area (Å²) in [6.07, 6.45) is 4.40. The Hall–Kier alpha value is -2.92. The van der Waals surface area contributed by atoms with Crippen LogP contribution in [0.1, 0.15) is 29.3 Å². The lowest BCUT2D eigenvalue weighted by Crippen LogP contribution is -2.49. The lowest BCUT2D eigenvalue weighted by Gasteiger charge is -2.35. The number of amides is 1. The lowest BCUT2D eigenvalue weighted by atomic mass is 9.88. The Balaban J connectivity index is 1.34. The number of nitrogens with zero attached hydrogens (tertiary/aromatic N) is 4. The number of aromatic nitrogens is 2. The third-order valence-electron chi connectivity index (χ3n) is 6.09. The Bertz CT molecular complexity index is 891. The zero-order chi connectivity index (χ0) is 20.8. The van der Waals surface area contributed by atoms with Crippen molar-refractivity contribution in [2.75, 3.05) is 32.7 Å². The number of carbonyl (C=O) groups excluding carboxylic acids is 1. The third kappa shape index (κ3) is 4.97. The van der Waals surface area contributed by atoms with Crippen LogP contribution in [0.3, 0.4) is 0 Å². The number of hydrogen-bond donors (Lipinski definition) is 0. The average Bonchev–Trinajstić information content (AvgIpc) is 3.22. The topological polar surface area (TPSA) is 41.4 Å². The molecule has 3 aromatic rings. The number of carbonyl (C=O) groups is 1. The Morgan fingerprint density at radius 2 is 1.50 bits per heavy atom. The van der Waals surface area contributed by atoms with E-state index in [1.165, 1.54) is 11.1 Å². The summed E-state index contributed by atoms with van der Waals surface area (Å²) in [6, 6.07) is 20.8. The largest absolute Gasteiger partial charge is 0.340 e. The molecule has 5 nitrogen and oxygen atoms in total. The van der Waals surface area contributed by atoms with Gasteiger partial charge in [0.1, 0.15) is 5.82 Å². The molecular formula is C25H30N4O. The molecule has 156 valence electrons. The fourth-order valence-corrected chi connectivity index (χ4v) is 4.21. The van der Waals surface area contributed by atoms with E-state index in [1.807, 2.05) is 36.4 Å². The van der Waals surface area contributed by atoms with Crippen molar-refractivity contribution in [1.29, 1.82) is 0 Å². The molecule has 0 unspecified atom stereocenters. The lowest BCUT2D eigenvalue weighted by molar-refractivity contribution is -0.133. The second kappa shape index (κ2) is 9.72. The predicted octanol–water partition coefficient (Wildman–Crippen LogP) is 3.56. The van der Waals surface area contributed by atoms with Gasteiger partial charge < -0.3 is 9.47 Å². The van der Waals surface area contributed by atoms with Gasteiger partial charge in [0.25, 0.3) is 0 Å². The Kier molecular flexibility index (Phi) is 6.60. The first kappa shape index (κ1) is 20.4. The van der Waals surface area contributed by atoms with Crippen LogP contribution < -0.4 is 0 Å². The fourth-order valence-electron chi connectivity index (χ4n) is 4.21. The van der Waals surface area contributed by atoms with E-state index in [0.29, 0.717) is 6.42 Å². The Morgan fingerprint density at radius 1 is 0.900 bits per heavy atom. The maximum atomic E-state index is 13.1. The molecule has 2 aromatic carbocycles. The van der Waals surface area contributed by atoms with Gasteiger partial charge in [-0.05, 0) is 18.1 Å². The van der Waals surface area contributed by atoms with E-state index >= 15 is 0 Å². The van der Waals surface area contributed by atoms with E-state index in [9.17, 15) is 4.79 Å². The summed E-state index contributed by atoms with van der Waals surface area (Å²) in [5, 5.41) is 0. The first-order valence-electron chi connectivity index (χ1n) is 10.8. The summed E-state index contributed by atoms with van der Waals surface area (Å²) in [4.78, 5) is 21.9. The van der Waals surface area contributed by atoms with Crippen molar-refractivity contribution in [3.8, 4) is 0 Å². The fraction of sp³-hybridized carbons (Fsp3) is 0.360. The molecule has 0 N–H and O–H groups in total. The van der Waals surface area contributed by atoms with E-state index in [4.69, 9.17) is 0 Å². The molecule has 1 saturated heterocycles. The molecule has 0 aliphatic carbocycles. The quantitative estimate of drug-likeness (QED) is 0.607. The first-order chi connectivity index (χ1) is 14.7. The van der Waals surface area contributed by atoms with E-state index in [-0.39, 0.29) is 11.8 Å². The molecule has 0 spiro atoms. The van der Waals surface area contributed by atoms with E-state index in [1.54, 1.807) is 0 Å². The van der Waals surface area contributed by atoms with E-state index in [0.717, 1.165) is 45.1 Å². The van der Waals surface area contributed by atoms with Crippen molar-refractivity contribution in [1.82, 2.24) is 19.4 Å². The summed E-state index contributed by atoms with van der Waals surface area (Å²) in [6.45, 7) is 7.45. The molecule has 0 radical (unpaired) electrons. The van der Waals surface area contributed by atoms with Crippen molar-refractivity contribution in [2.45, 2.75) is 25.8 Å². The number of piperazine rings is 1. The van der Waals surface area contributed by atoms with Crippen LogP contribution in [0.25, 0.3) is 0 Å². The van der Waals surface area contributed by atoms with Gasteiger partial charge in [0.05, 0.1) is 0 Å². The highest BCUT2D eigenvalue weighted by atomic mass is 16.2. The predicted molar refractivity (Wildman–Crippen MR) is 119 cm³/mol. The minimum absolute atomic E-state index is 0.0992. The molecule has 1 aromatic heterocycles. The molecule has 1 aliphatic rings. The van der Waals surface area contributed by atoms with Crippen molar-refractivity contribution in [3.05, 3.63) is 90.0 Å². The van der Waals surface area contributed by atoms with Crippen LogP contribution in [0.4, 0.5) is 0 Å². The van der Waals surface area contributed by atoms with Crippen LogP contribution in [-0.4, -0.2) is 58.0 Å². The third-order valence-corrected chi connectivity index (χ3v) is 6.09. The number of rotatable bonds is 7. The number of benzene rings is 2. The van der Waals surface area contributed by atoms with Crippen LogP contribution in [0.15, 0.2) is 73.1 Å². The van der Waals surface area contributed by atoms with Crippen LogP contribution >= 0.6 is 0 Å². The van der Waals surface area contributed by atoms with Gasteiger partial charge in [0.15, 0.2) is 0 Å². The molecule has 1 aliphatic heterocycles. The molecule has 30 heavy (non-hydrogen) atoms. The minimum Gasteiger partial charge on any atom is -0.340 e. The summed E-state index contributed by atoms with van der Waals surface area (Å²) < 4.78 is 2.18. The van der Waals surface area contributed by atoms with Crippen molar-refractivity contribution in [2.24, 2.45) is 0 Å². The number of imidazole rings is 1. The van der Waals surface area contributed by atoms with Crippen LogP contribution in [-0.2, 0) is 11.3 Å². The Morgan fingerprint density at radius 3 is 2.03 bits per heavy atom.